The second-order valence-corrected chi connectivity index (χ2v) is 5.64. The van der Waals surface area contributed by atoms with Crippen LogP contribution < -0.4 is 15.5 Å². The monoisotopic (exact) mass is 293 g/mol. The van der Waals surface area contributed by atoms with E-state index in [1.165, 1.54) is 6.42 Å². The molecule has 0 amide bonds. The molecular formula is C14H27N7. The van der Waals surface area contributed by atoms with E-state index in [0.717, 1.165) is 32.6 Å². The summed E-state index contributed by atoms with van der Waals surface area (Å²) in [7, 11) is 4.20. The van der Waals surface area contributed by atoms with Crippen LogP contribution in [-0.4, -0.2) is 66.2 Å². The molecule has 7 heteroatoms. The fraction of sp³-hybridized carbons (Fsp3) is 0.786. The molecule has 21 heavy (non-hydrogen) atoms. The number of aromatic nitrogens is 3. The molecule has 2 rings (SSSR count). The van der Waals surface area contributed by atoms with Crippen LogP contribution in [0.2, 0.25) is 0 Å². The highest BCUT2D eigenvalue weighted by molar-refractivity contribution is 5.43. The largest absolute Gasteiger partial charge is 0.368 e. The third-order valence-electron chi connectivity index (χ3n) is 4.14. The normalized spacial score (nSPS) is 19.5. The van der Waals surface area contributed by atoms with Gasteiger partial charge >= 0.3 is 0 Å². The highest BCUT2D eigenvalue weighted by atomic mass is 15.4. The molecule has 0 radical (unpaired) electrons. The van der Waals surface area contributed by atoms with E-state index in [9.17, 15) is 0 Å². The van der Waals surface area contributed by atoms with Crippen molar-refractivity contribution in [3.8, 4) is 0 Å². The fourth-order valence-corrected chi connectivity index (χ4v) is 2.79. The molecule has 0 bridgehead atoms. The van der Waals surface area contributed by atoms with Crippen molar-refractivity contribution in [2.24, 2.45) is 0 Å². The van der Waals surface area contributed by atoms with Gasteiger partial charge in [-0.25, -0.2) is 0 Å². The van der Waals surface area contributed by atoms with Crippen molar-refractivity contribution in [1.82, 2.24) is 19.9 Å². The molecule has 1 saturated heterocycles. The van der Waals surface area contributed by atoms with Crippen LogP contribution in [0.25, 0.3) is 0 Å². The molecule has 1 aromatic heterocycles. The van der Waals surface area contributed by atoms with E-state index in [1.54, 1.807) is 0 Å². The Morgan fingerprint density at radius 2 is 1.86 bits per heavy atom. The molecule has 1 unspecified atom stereocenters. The van der Waals surface area contributed by atoms with Crippen LogP contribution >= 0.6 is 0 Å². The Morgan fingerprint density at radius 1 is 1.19 bits per heavy atom. The second-order valence-electron chi connectivity index (χ2n) is 5.64. The van der Waals surface area contributed by atoms with Gasteiger partial charge in [0.05, 0.1) is 0 Å². The van der Waals surface area contributed by atoms with Gasteiger partial charge in [-0.15, -0.1) is 0 Å². The van der Waals surface area contributed by atoms with E-state index < -0.39 is 0 Å². The van der Waals surface area contributed by atoms with E-state index >= 15 is 0 Å². The summed E-state index contributed by atoms with van der Waals surface area (Å²) in [5.74, 6) is 1.63. The van der Waals surface area contributed by atoms with Gasteiger partial charge in [0.25, 0.3) is 0 Å². The van der Waals surface area contributed by atoms with Crippen LogP contribution in [0.4, 0.5) is 17.8 Å². The van der Waals surface area contributed by atoms with Gasteiger partial charge in [0.1, 0.15) is 0 Å². The van der Waals surface area contributed by atoms with E-state index in [1.807, 2.05) is 7.05 Å². The Labute approximate surface area is 127 Å². The summed E-state index contributed by atoms with van der Waals surface area (Å²) in [6.45, 7) is 8.08. The first kappa shape index (κ1) is 15.8. The average Bonchev–Trinajstić information content (AvgIpc) is 2.47. The minimum atomic E-state index is 0.290. The lowest BCUT2D eigenvalue weighted by atomic mass is 10.1. The van der Waals surface area contributed by atoms with E-state index in [4.69, 9.17) is 5.73 Å². The van der Waals surface area contributed by atoms with Crippen LogP contribution in [0.5, 0.6) is 0 Å². The van der Waals surface area contributed by atoms with Gasteiger partial charge < -0.3 is 20.4 Å². The van der Waals surface area contributed by atoms with Gasteiger partial charge in [-0.3, -0.25) is 0 Å². The number of nitrogens with zero attached hydrogens (tertiary/aromatic N) is 6. The number of hydrogen-bond donors (Lipinski definition) is 1. The number of piperidine rings is 1. The van der Waals surface area contributed by atoms with Crippen molar-refractivity contribution in [3.05, 3.63) is 0 Å². The summed E-state index contributed by atoms with van der Waals surface area (Å²) in [6.07, 6.45) is 2.36. The van der Waals surface area contributed by atoms with Gasteiger partial charge in [-0.1, -0.05) is 0 Å². The number of anilines is 3. The molecule has 1 aliphatic heterocycles. The van der Waals surface area contributed by atoms with Crippen molar-refractivity contribution in [1.29, 1.82) is 0 Å². The quantitative estimate of drug-likeness (QED) is 0.862. The average molecular weight is 293 g/mol. The van der Waals surface area contributed by atoms with Gasteiger partial charge in [0.2, 0.25) is 17.8 Å². The van der Waals surface area contributed by atoms with Gasteiger partial charge in [0.15, 0.2) is 0 Å². The Kier molecular flexibility index (Phi) is 5.17. The van der Waals surface area contributed by atoms with Crippen molar-refractivity contribution in [2.45, 2.75) is 32.7 Å². The predicted molar refractivity (Wildman–Crippen MR) is 86.7 cm³/mol. The summed E-state index contributed by atoms with van der Waals surface area (Å²) in [5.41, 5.74) is 5.88. The third-order valence-corrected chi connectivity index (χ3v) is 4.14. The molecular weight excluding hydrogens is 266 g/mol. The number of nitrogen functional groups attached to an aromatic ring is 1. The summed E-state index contributed by atoms with van der Waals surface area (Å²) in [4.78, 5) is 19.8. The standard InChI is InChI=1S/C14H27N7/c1-5-21(6-2)14-17-12(15)16-13(18-14)20(4)11-8-7-9-19(3)10-11/h11H,5-10H2,1-4H3,(H2,15,16,17,18). The summed E-state index contributed by atoms with van der Waals surface area (Å²) in [6, 6.07) is 0.426. The zero-order chi connectivity index (χ0) is 15.4. The van der Waals surface area contributed by atoms with Crippen LogP contribution in [0.1, 0.15) is 26.7 Å². The van der Waals surface area contributed by atoms with E-state index in [2.05, 4.69) is 50.5 Å². The highest BCUT2D eigenvalue weighted by Gasteiger charge is 2.24. The molecule has 1 aliphatic rings. The molecule has 7 nitrogen and oxygen atoms in total. The summed E-state index contributed by atoms with van der Waals surface area (Å²) in [5, 5.41) is 0. The van der Waals surface area contributed by atoms with Gasteiger partial charge in [0, 0.05) is 32.7 Å². The Balaban J connectivity index is 2.22. The van der Waals surface area contributed by atoms with Gasteiger partial charge in [-0.05, 0) is 40.3 Å². The summed E-state index contributed by atoms with van der Waals surface area (Å²) < 4.78 is 0. The molecule has 0 aromatic carbocycles. The molecule has 1 fully saturated rings. The lowest BCUT2D eigenvalue weighted by Crippen LogP contribution is -2.45. The lowest BCUT2D eigenvalue weighted by Gasteiger charge is -2.36. The first-order chi connectivity index (χ1) is 10.0. The van der Waals surface area contributed by atoms with Crippen molar-refractivity contribution in [3.63, 3.8) is 0 Å². The molecule has 2 N–H and O–H groups in total. The first-order valence-corrected chi connectivity index (χ1v) is 7.73. The highest BCUT2D eigenvalue weighted by Crippen LogP contribution is 2.20. The maximum absolute atomic E-state index is 5.88. The molecule has 0 saturated carbocycles. The molecule has 1 aromatic rings. The first-order valence-electron chi connectivity index (χ1n) is 7.73. The number of hydrogen-bond acceptors (Lipinski definition) is 7. The maximum atomic E-state index is 5.88. The van der Waals surface area contributed by atoms with Gasteiger partial charge in [-0.2, -0.15) is 15.0 Å². The smallest absolute Gasteiger partial charge is 0.231 e. The zero-order valence-corrected chi connectivity index (χ0v) is 13.6. The summed E-state index contributed by atoms with van der Waals surface area (Å²) >= 11 is 0. The van der Waals surface area contributed by atoms with E-state index in [0.29, 0.717) is 17.9 Å². The van der Waals surface area contributed by atoms with Crippen molar-refractivity contribution < 1.29 is 0 Å². The number of nitrogens with two attached hydrogens (primary N) is 1. The minimum absolute atomic E-state index is 0.290. The third kappa shape index (κ3) is 3.72. The SMILES string of the molecule is CCN(CC)c1nc(N)nc(N(C)C2CCCN(C)C2)n1. The maximum Gasteiger partial charge on any atom is 0.231 e. The minimum Gasteiger partial charge on any atom is -0.368 e. The van der Waals surface area contributed by atoms with Crippen molar-refractivity contribution in [2.75, 3.05) is 55.8 Å². The number of rotatable bonds is 5. The molecule has 0 aliphatic carbocycles. The molecule has 118 valence electrons. The van der Waals surface area contributed by atoms with E-state index in [-0.39, 0.29) is 5.95 Å². The lowest BCUT2D eigenvalue weighted by molar-refractivity contribution is 0.247. The number of likely N-dealkylation sites (tertiary alicyclic amines) is 1. The predicted octanol–water partition coefficient (Wildman–Crippen LogP) is 0.830. The number of likely N-dealkylation sites (N-methyl/N-ethyl adjacent to an activating group) is 2. The molecule has 2 heterocycles. The van der Waals surface area contributed by atoms with Crippen molar-refractivity contribution >= 4 is 17.8 Å². The van der Waals surface area contributed by atoms with Crippen LogP contribution in [0.15, 0.2) is 0 Å². The Hall–Kier alpha value is -1.63. The molecule has 0 spiro atoms. The Morgan fingerprint density at radius 3 is 2.48 bits per heavy atom. The fourth-order valence-electron chi connectivity index (χ4n) is 2.79. The van der Waals surface area contributed by atoms with Crippen LogP contribution in [-0.2, 0) is 0 Å². The van der Waals surface area contributed by atoms with Crippen LogP contribution in [0, 0.1) is 0 Å². The topological polar surface area (TPSA) is 74.4 Å². The molecule has 1 atom stereocenters. The second kappa shape index (κ2) is 6.89. The Bertz CT molecular complexity index is 461. The van der Waals surface area contributed by atoms with Crippen LogP contribution in [0.3, 0.4) is 0 Å². The zero-order valence-electron chi connectivity index (χ0n) is 13.6.